The van der Waals surface area contributed by atoms with E-state index in [0.717, 1.165) is 25.0 Å². The van der Waals surface area contributed by atoms with Gasteiger partial charge in [-0.1, -0.05) is 23.8 Å². The molecule has 1 unspecified atom stereocenters. The Bertz CT molecular complexity index is 298. The number of nitrogens with zero attached hydrogens (tertiary/aromatic N) is 1. The molecule has 0 aromatic carbocycles. The average Bonchev–Trinajstić information content (AvgIpc) is 2.32. The summed E-state index contributed by atoms with van der Waals surface area (Å²) in [6.07, 6.45) is 12.2. The van der Waals surface area contributed by atoms with Gasteiger partial charge >= 0.3 is 0 Å². The van der Waals surface area contributed by atoms with Gasteiger partial charge in [0.2, 0.25) is 0 Å². The van der Waals surface area contributed by atoms with Crippen molar-refractivity contribution in [3.05, 3.63) is 23.8 Å². The van der Waals surface area contributed by atoms with Crippen LogP contribution in [0.15, 0.2) is 23.8 Å². The van der Waals surface area contributed by atoms with Crippen molar-refractivity contribution in [3.8, 4) is 0 Å². The molecule has 1 heterocycles. The molecule has 0 saturated carbocycles. The number of hydrogen-bond acceptors (Lipinski definition) is 2. The van der Waals surface area contributed by atoms with Crippen LogP contribution in [0.2, 0.25) is 0 Å². The first-order chi connectivity index (χ1) is 7.78. The number of aldehydes is 1. The van der Waals surface area contributed by atoms with E-state index in [1.807, 2.05) is 0 Å². The van der Waals surface area contributed by atoms with Gasteiger partial charge in [0.1, 0.15) is 6.29 Å². The molecular weight excluding hydrogens is 198 g/mol. The molecule has 0 amide bonds. The molecule has 1 aliphatic heterocycles. The predicted molar refractivity (Wildman–Crippen MR) is 66.2 cm³/mol. The third-order valence-corrected chi connectivity index (χ3v) is 3.71. The fourth-order valence-corrected chi connectivity index (χ4v) is 2.61. The van der Waals surface area contributed by atoms with Gasteiger partial charge in [-0.2, -0.15) is 0 Å². The number of carbonyl (C=O) groups excluding carboxylic acids is 1. The minimum Gasteiger partial charge on any atom is -0.306 e. The largest absolute Gasteiger partial charge is 0.306 e. The van der Waals surface area contributed by atoms with Crippen LogP contribution in [0, 0.1) is 11.8 Å². The van der Waals surface area contributed by atoms with Crippen molar-refractivity contribution in [3.63, 3.8) is 0 Å². The lowest BCUT2D eigenvalue weighted by Gasteiger charge is -2.29. The van der Waals surface area contributed by atoms with Crippen molar-refractivity contribution in [1.82, 2.24) is 4.90 Å². The topological polar surface area (TPSA) is 20.3 Å². The van der Waals surface area contributed by atoms with Gasteiger partial charge in [-0.3, -0.25) is 0 Å². The number of rotatable bonds is 3. The standard InChI is InChI=1S/C14H21NO/c1-15-7-5-12(6-8-15)9-13-3-2-4-14(10-13)11-16/h2-3,10-12,14H,4-9H2,1H3. The van der Waals surface area contributed by atoms with Gasteiger partial charge in [0, 0.05) is 5.92 Å². The number of carbonyl (C=O) groups is 1. The highest BCUT2D eigenvalue weighted by Gasteiger charge is 2.18. The van der Waals surface area contributed by atoms with E-state index in [0.29, 0.717) is 0 Å². The van der Waals surface area contributed by atoms with E-state index in [-0.39, 0.29) is 5.92 Å². The summed E-state index contributed by atoms with van der Waals surface area (Å²) in [6, 6.07) is 0. The van der Waals surface area contributed by atoms with Gasteiger partial charge in [-0.05, 0) is 51.7 Å². The highest BCUT2D eigenvalue weighted by Crippen LogP contribution is 2.27. The van der Waals surface area contributed by atoms with Crippen molar-refractivity contribution in [2.45, 2.75) is 25.7 Å². The smallest absolute Gasteiger partial charge is 0.127 e. The first kappa shape index (κ1) is 11.6. The maximum atomic E-state index is 10.8. The fourth-order valence-electron chi connectivity index (χ4n) is 2.61. The molecule has 1 aliphatic carbocycles. The molecule has 0 bridgehead atoms. The van der Waals surface area contributed by atoms with E-state index in [9.17, 15) is 4.79 Å². The van der Waals surface area contributed by atoms with Crippen molar-refractivity contribution in [2.24, 2.45) is 11.8 Å². The molecule has 0 radical (unpaired) electrons. The Balaban J connectivity index is 1.87. The van der Waals surface area contributed by atoms with Gasteiger partial charge in [0.05, 0.1) is 0 Å². The van der Waals surface area contributed by atoms with Crippen LogP contribution in [0.1, 0.15) is 25.7 Å². The normalized spacial score (nSPS) is 27.8. The summed E-state index contributed by atoms with van der Waals surface area (Å²) in [4.78, 5) is 13.2. The maximum Gasteiger partial charge on any atom is 0.127 e. The molecule has 0 aromatic heterocycles. The summed E-state index contributed by atoms with van der Waals surface area (Å²) in [5.74, 6) is 0.948. The summed E-state index contributed by atoms with van der Waals surface area (Å²) < 4.78 is 0. The lowest BCUT2D eigenvalue weighted by Crippen LogP contribution is -2.30. The Labute approximate surface area is 98.0 Å². The molecule has 0 spiro atoms. The molecule has 0 N–H and O–H groups in total. The SMILES string of the molecule is CN1CCC(CC2=CC(C=O)CC=C2)CC1. The first-order valence-corrected chi connectivity index (χ1v) is 6.29. The number of allylic oxidation sites excluding steroid dienone is 4. The lowest BCUT2D eigenvalue weighted by molar-refractivity contribution is -0.109. The van der Waals surface area contributed by atoms with Gasteiger partial charge < -0.3 is 9.69 Å². The highest BCUT2D eigenvalue weighted by molar-refractivity contribution is 5.58. The van der Waals surface area contributed by atoms with Crippen molar-refractivity contribution >= 4 is 6.29 Å². The fraction of sp³-hybridized carbons (Fsp3) is 0.643. The van der Waals surface area contributed by atoms with Crippen LogP contribution in [0.4, 0.5) is 0 Å². The second-order valence-electron chi connectivity index (χ2n) is 5.13. The zero-order valence-corrected chi connectivity index (χ0v) is 10.1. The molecule has 1 saturated heterocycles. The second-order valence-corrected chi connectivity index (χ2v) is 5.13. The molecule has 2 heteroatoms. The third kappa shape index (κ3) is 3.05. The molecule has 0 aromatic rings. The molecule has 88 valence electrons. The van der Waals surface area contributed by atoms with Crippen LogP contribution in [0.25, 0.3) is 0 Å². The highest BCUT2D eigenvalue weighted by atomic mass is 16.1. The second kappa shape index (κ2) is 5.44. The van der Waals surface area contributed by atoms with E-state index in [2.05, 4.69) is 30.2 Å². The maximum absolute atomic E-state index is 10.8. The van der Waals surface area contributed by atoms with Gasteiger partial charge in [-0.15, -0.1) is 0 Å². The van der Waals surface area contributed by atoms with Crippen molar-refractivity contribution in [2.75, 3.05) is 20.1 Å². The van der Waals surface area contributed by atoms with Crippen LogP contribution in [-0.2, 0) is 4.79 Å². The monoisotopic (exact) mass is 219 g/mol. The van der Waals surface area contributed by atoms with Crippen LogP contribution in [0.5, 0.6) is 0 Å². The summed E-state index contributed by atoms with van der Waals surface area (Å²) in [6.45, 7) is 2.44. The van der Waals surface area contributed by atoms with E-state index >= 15 is 0 Å². The number of piperidine rings is 1. The van der Waals surface area contributed by atoms with E-state index in [1.54, 1.807) is 0 Å². The summed E-state index contributed by atoms with van der Waals surface area (Å²) in [7, 11) is 2.19. The van der Waals surface area contributed by atoms with Gasteiger partial charge in [-0.25, -0.2) is 0 Å². The molecule has 16 heavy (non-hydrogen) atoms. The third-order valence-electron chi connectivity index (χ3n) is 3.71. The number of hydrogen-bond donors (Lipinski definition) is 0. The summed E-state index contributed by atoms with van der Waals surface area (Å²) in [5.41, 5.74) is 1.37. The zero-order valence-electron chi connectivity index (χ0n) is 10.1. The Morgan fingerprint density at radius 1 is 1.44 bits per heavy atom. The van der Waals surface area contributed by atoms with Crippen LogP contribution < -0.4 is 0 Å². The van der Waals surface area contributed by atoms with E-state index < -0.39 is 0 Å². The molecule has 2 rings (SSSR count). The number of likely N-dealkylation sites (tertiary alicyclic amines) is 1. The van der Waals surface area contributed by atoms with Crippen molar-refractivity contribution in [1.29, 1.82) is 0 Å². The van der Waals surface area contributed by atoms with Gasteiger partial charge in [0.15, 0.2) is 0 Å². The van der Waals surface area contributed by atoms with Crippen molar-refractivity contribution < 1.29 is 4.79 Å². The Kier molecular flexibility index (Phi) is 3.94. The minimum absolute atomic E-state index is 0.131. The zero-order chi connectivity index (χ0) is 11.4. The molecule has 2 aliphatic rings. The van der Waals surface area contributed by atoms with Gasteiger partial charge in [0.25, 0.3) is 0 Å². The molecule has 1 atom stereocenters. The average molecular weight is 219 g/mol. The van der Waals surface area contributed by atoms with Crippen LogP contribution in [0.3, 0.4) is 0 Å². The Hall–Kier alpha value is -0.890. The molecule has 1 fully saturated rings. The Morgan fingerprint density at radius 2 is 2.19 bits per heavy atom. The van der Waals surface area contributed by atoms with E-state index in [4.69, 9.17) is 0 Å². The van der Waals surface area contributed by atoms with E-state index in [1.165, 1.54) is 31.5 Å². The van der Waals surface area contributed by atoms with Crippen LogP contribution in [-0.4, -0.2) is 31.3 Å². The minimum atomic E-state index is 0.131. The summed E-state index contributed by atoms with van der Waals surface area (Å²) in [5, 5.41) is 0. The summed E-state index contributed by atoms with van der Waals surface area (Å²) >= 11 is 0. The molecular formula is C14H21NO. The predicted octanol–water partition coefficient (Wildman–Crippen LogP) is 2.42. The van der Waals surface area contributed by atoms with Crippen LogP contribution >= 0.6 is 0 Å². The first-order valence-electron chi connectivity index (χ1n) is 6.29. The quantitative estimate of drug-likeness (QED) is 0.679. The lowest BCUT2D eigenvalue weighted by atomic mass is 9.86. The molecule has 2 nitrogen and oxygen atoms in total. The Morgan fingerprint density at radius 3 is 2.88 bits per heavy atom.